The lowest BCUT2D eigenvalue weighted by atomic mass is 10.7. The van der Waals surface area contributed by atoms with E-state index < -0.39 is 0 Å². The zero-order valence-corrected chi connectivity index (χ0v) is 6.60. The molecule has 4 heteroatoms. The highest BCUT2D eigenvalue weighted by molar-refractivity contribution is 5.15. The monoisotopic (exact) mass is 164 g/mol. The molecule has 62 valence electrons. The molecule has 0 aromatic carbocycles. The summed E-state index contributed by atoms with van der Waals surface area (Å²) in [6.45, 7) is 0. The van der Waals surface area contributed by atoms with Crippen molar-refractivity contribution in [1.29, 1.82) is 0 Å². The number of aromatic nitrogens is 2. The number of hydrogen-bond acceptors (Lipinski definition) is 2. The summed E-state index contributed by atoms with van der Waals surface area (Å²) in [6, 6.07) is 3.74. The van der Waals surface area contributed by atoms with Crippen molar-refractivity contribution in [3.05, 3.63) is 41.3 Å². The second-order valence-electron chi connectivity index (χ2n) is 2.54. The molecular formula is C8H8N2O2. The van der Waals surface area contributed by atoms with Gasteiger partial charge in [0.2, 0.25) is 5.88 Å². The minimum atomic E-state index is -0.348. The number of hydrogen-bond donors (Lipinski definition) is 0. The van der Waals surface area contributed by atoms with Gasteiger partial charge in [0.1, 0.15) is 0 Å². The summed E-state index contributed by atoms with van der Waals surface area (Å²) in [5.41, 5.74) is 0. The summed E-state index contributed by atoms with van der Waals surface area (Å²) in [5, 5.41) is 0. The van der Waals surface area contributed by atoms with Crippen LogP contribution in [0.2, 0.25) is 0 Å². The van der Waals surface area contributed by atoms with Crippen molar-refractivity contribution in [3.8, 4) is 5.88 Å². The van der Waals surface area contributed by atoms with Crippen LogP contribution in [0.1, 0.15) is 0 Å². The quantitative estimate of drug-likeness (QED) is 0.624. The van der Waals surface area contributed by atoms with Crippen molar-refractivity contribution in [2.75, 3.05) is 0 Å². The molecule has 0 aliphatic carbocycles. The molecule has 4 nitrogen and oxygen atoms in total. The molecular weight excluding hydrogens is 156 g/mol. The Hall–Kier alpha value is -1.71. The Morgan fingerprint density at radius 2 is 2.00 bits per heavy atom. The van der Waals surface area contributed by atoms with Gasteiger partial charge in [-0.05, 0) is 12.1 Å². The molecule has 0 saturated carbocycles. The van der Waals surface area contributed by atoms with E-state index in [4.69, 9.17) is 4.42 Å². The van der Waals surface area contributed by atoms with E-state index in [1.807, 2.05) is 24.5 Å². The van der Waals surface area contributed by atoms with E-state index in [1.54, 1.807) is 17.8 Å². The Bertz CT molecular complexity index is 422. The van der Waals surface area contributed by atoms with Gasteiger partial charge in [0.15, 0.2) is 0 Å². The molecule has 0 bridgehead atoms. The average Bonchev–Trinajstić information content (AvgIpc) is 2.61. The molecule has 2 heterocycles. The highest BCUT2D eigenvalue weighted by Gasteiger charge is 2.02. The maximum Gasteiger partial charge on any atom is 0.420 e. The van der Waals surface area contributed by atoms with Gasteiger partial charge in [-0.25, -0.2) is 4.79 Å². The molecule has 0 spiro atoms. The fourth-order valence-corrected chi connectivity index (χ4v) is 1.01. The average molecular weight is 164 g/mol. The summed E-state index contributed by atoms with van der Waals surface area (Å²) in [4.78, 5) is 10.9. The molecule has 0 aliphatic heterocycles. The van der Waals surface area contributed by atoms with Gasteiger partial charge >= 0.3 is 5.76 Å². The molecule has 0 amide bonds. The Balaban J connectivity index is 2.56. The second-order valence-corrected chi connectivity index (χ2v) is 2.54. The minimum Gasteiger partial charge on any atom is -0.391 e. The van der Waals surface area contributed by atoms with Gasteiger partial charge in [-0.3, -0.25) is 9.13 Å². The van der Waals surface area contributed by atoms with Crippen molar-refractivity contribution in [2.24, 2.45) is 7.05 Å². The van der Waals surface area contributed by atoms with Gasteiger partial charge in [0, 0.05) is 19.4 Å². The molecule has 12 heavy (non-hydrogen) atoms. The number of nitrogens with zero attached hydrogens (tertiary/aromatic N) is 2. The molecule has 0 atom stereocenters. The first-order valence-corrected chi connectivity index (χ1v) is 3.57. The van der Waals surface area contributed by atoms with Gasteiger partial charge in [-0.15, -0.1) is 0 Å². The summed E-state index contributed by atoms with van der Waals surface area (Å²) in [7, 11) is 1.65. The predicted octanol–water partition coefficient (Wildman–Crippen LogP) is 0.769. The first kappa shape index (κ1) is 6.97. The normalized spacial score (nSPS) is 10.4. The van der Waals surface area contributed by atoms with Crippen LogP contribution < -0.4 is 5.76 Å². The summed E-state index contributed by atoms with van der Waals surface area (Å²) in [5.74, 6) is 0.186. The standard InChI is InChI=1S/C8H8N2O2/c1-9-6-7(12-8(9)11)10-4-2-3-5-10/h2-6H,1H3. The zero-order chi connectivity index (χ0) is 8.55. The van der Waals surface area contributed by atoms with Crippen molar-refractivity contribution < 1.29 is 4.42 Å². The first-order chi connectivity index (χ1) is 5.77. The minimum absolute atomic E-state index is 0.348. The third-order valence-electron chi connectivity index (χ3n) is 1.64. The lowest BCUT2D eigenvalue weighted by Crippen LogP contribution is -2.07. The Kier molecular flexibility index (Phi) is 1.40. The molecule has 0 N–H and O–H groups in total. The van der Waals surface area contributed by atoms with Crippen LogP contribution >= 0.6 is 0 Å². The molecule has 2 aromatic heterocycles. The van der Waals surface area contributed by atoms with Crippen LogP contribution in [0.25, 0.3) is 5.88 Å². The Labute approximate surface area is 68.7 Å². The fourth-order valence-electron chi connectivity index (χ4n) is 1.01. The molecule has 0 aliphatic rings. The van der Waals surface area contributed by atoms with Crippen LogP contribution in [0.5, 0.6) is 0 Å². The Morgan fingerprint density at radius 3 is 2.50 bits per heavy atom. The third kappa shape index (κ3) is 0.972. The van der Waals surface area contributed by atoms with Gasteiger partial charge in [0.25, 0.3) is 0 Å². The van der Waals surface area contributed by atoms with Crippen LogP contribution in [0.4, 0.5) is 0 Å². The van der Waals surface area contributed by atoms with Crippen molar-refractivity contribution in [3.63, 3.8) is 0 Å². The molecule has 0 fully saturated rings. The maximum absolute atomic E-state index is 10.9. The van der Waals surface area contributed by atoms with E-state index in [0.717, 1.165) is 0 Å². The highest BCUT2D eigenvalue weighted by Crippen LogP contribution is 2.03. The van der Waals surface area contributed by atoms with Crippen LogP contribution in [0.3, 0.4) is 0 Å². The van der Waals surface area contributed by atoms with Gasteiger partial charge in [0.05, 0.1) is 6.20 Å². The molecule has 0 saturated heterocycles. The maximum atomic E-state index is 10.9. The van der Waals surface area contributed by atoms with Gasteiger partial charge in [-0.1, -0.05) is 0 Å². The largest absolute Gasteiger partial charge is 0.420 e. The van der Waals surface area contributed by atoms with Crippen LogP contribution in [-0.2, 0) is 7.05 Å². The van der Waals surface area contributed by atoms with E-state index >= 15 is 0 Å². The Morgan fingerprint density at radius 1 is 1.33 bits per heavy atom. The zero-order valence-electron chi connectivity index (χ0n) is 6.60. The summed E-state index contributed by atoms with van der Waals surface area (Å²) >= 11 is 0. The number of rotatable bonds is 1. The third-order valence-corrected chi connectivity index (χ3v) is 1.64. The molecule has 2 aromatic rings. The smallest absolute Gasteiger partial charge is 0.391 e. The predicted molar refractivity (Wildman–Crippen MR) is 43.3 cm³/mol. The summed E-state index contributed by atoms with van der Waals surface area (Å²) in [6.07, 6.45) is 5.28. The molecule has 0 radical (unpaired) electrons. The van der Waals surface area contributed by atoms with E-state index in [-0.39, 0.29) is 5.76 Å². The van der Waals surface area contributed by atoms with E-state index in [0.29, 0.717) is 5.88 Å². The van der Waals surface area contributed by atoms with Gasteiger partial charge in [-0.2, -0.15) is 0 Å². The lowest BCUT2D eigenvalue weighted by molar-refractivity contribution is 0.478. The number of aryl methyl sites for hydroxylation is 1. The van der Waals surface area contributed by atoms with E-state index in [9.17, 15) is 4.79 Å². The fraction of sp³-hybridized carbons (Fsp3) is 0.125. The molecule has 2 rings (SSSR count). The SMILES string of the molecule is Cn1cc(-n2cccc2)oc1=O. The second kappa shape index (κ2) is 2.41. The van der Waals surface area contributed by atoms with Crippen LogP contribution in [-0.4, -0.2) is 9.13 Å². The number of oxazole rings is 1. The van der Waals surface area contributed by atoms with Crippen molar-refractivity contribution >= 4 is 0 Å². The van der Waals surface area contributed by atoms with E-state index in [2.05, 4.69) is 0 Å². The topological polar surface area (TPSA) is 40.1 Å². The van der Waals surface area contributed by atoms with E-state index in [1.165, 1.54) is 4.57 Å². The van der Waals surface area contributed by atoms with Crippen LogP contribution in [0, 0.1) is 0 Å². The lowest BCUT2D eigenvalue weighted by Gasteiger charge is -1.91. The van der Waals surface area contributed by atoms with Crippen LogP contribution in [0.15, 0.2) is 39.9 Å². The summed E-state index contributed by atoms with van der Waals surface area (Å²) < 4.78 is 8.06. The van der Waals surface area contributed by atoms with Gasteiger partial charge < -0.3 is 4.42 Å². The van der Waals surface area contributed by atoms with Crippen molar-refractivity contribution in [2.45, 2.75) is 0 Å². The van der Waals surface area contributed by atoms with Crippen molar-refractivity contribution in [1.82, 2.24) is 9.13 Å². The molecule has 0 unspecified atom stereocenters. The first-order valence-electron chi connectivity index (χ1n) is 3.57. The highest BCUT2D eigenvalue weighted by atomic mass is 16.4.